The Labute approximate surface area is 142 Å². The predicted molar refractivity (Wildman–Crippen MR) is 89.1 cm³/mol. The van der Waals surface area contributed by atoms with Gasteiger partial charge < -0.3 is 21.5 Å². The Balaban J connectivity index is 1.94. The van der Waals surface area contributed by atoms with Gasteiger partial charge in [0, 0.05) is 12.5 Å². The van der Waals surface area contributed by atoms with Crippen LogP contribution in [0.4, 0.5) is 4.39 Å². The summed E-state index contributed by atoms with van der Waals surface area (Å²) in [6.07, 6.45) is 2.60. The lowest BCUT2D eigenvalue weighted by atomic mass is 9.67. The molecule has 5 N–H and O–H groups in total. The van der Waals surface area contributed by atoms with Crippen LogP contribution in [0, 0.1) is 23.7 Å². The first-order valence-corrected chi connectivity index (χ1v) is 9.03. The maximum absolute atomic E-state index is 14.2. The molecule has 0 bridgehead atoms. The highest BCUT2D eigenvalue weighted by Gasteiger charge is 2.39. The number of hydrogen-bond donors (Lipinski definition) is 4. The average molecular weight is 343 g/mol. The summed E-state index contributed by atoms with van der Waals surface area (Å²) in [7, 11) is 0. The minimum atomic E-state index is -1.15. The molecular formula is C17H30FN3O3. The standard InChI is InChI=1S/C17H30FN3O3/c1-2-10-8-20-4-3-14(10)11-5-12(7-13(18)6-11)16(22)21-9-15(19)17(23)24/h10-15,20H,2-9,19H2,1H3,(H,21,22)(H,23,24)/t10?,11?,12?,13?,14?,15-/m1/s1. The molecule has 6 atom stereocenters. The predicted octanol–water partition coefficient (Wildman–Crippen LogP) is 0.905. The molecule has 7 heteroatoms. The zero-order valence-electron chi connectivity index (χ0n) is 14.3. The second-order valence-electron chi connectivity index (χ2n) is 7.28. The maximum atomic E-state index is 14.2. The molecule has 2 aliphatic rings. The molecule has 0 aromatic rings. The van der Waals surface area contributed by atoms with E-state index in [4.69, 9.17) is 10.8 Å². The molecule has 6 nitrogen and oxygen atoms in total. The van der Waals surface area contributed by atoms with E-state index in [1.807, 2.05) is 0 Å². The van der Waals surface area contributed by atoms with E-state index in [1.54, 1.807) is 0 Å². The van der Waals surface area contributed by atoms with Crippen molar-refractivity contribution >= 4 is 11.9 Å². The van der Waals surface area contributed by atoms with E-state index in [0.29, 0.717) is 24.7 Å². The van der Waals surface area contributed by atoms with Gasteiger partial charge in [-0.2, -0.15) is 0 Å². The minimum absolute atomic E-state index is 0.114. The van der Waals surface area contributed by atoms with Gasteiger partial charge in [0.15, 0.2) is 0 Å². The van der Waals surface area contributed by atoms with E-state index in [9.17, 15) is 14.0 Å². The molecule has 1 amide bonds. The first kappa shape index (κ1) is 19.1. The van der Waals surface area contributed by atoms with Crippen LogP contribution in [0.15, 0.2) is 0 Å². The van der Waals surface area contributed by atoms with Crippen molar-refractivity contribution < 1.29 is 19.1 Å². The zero-order chi connectivity index (χ0) is 17.7. The number of nitrogens with one attached hydrogen (secondary N) is 2. The second kappa shape index (κ2) is 8.76. The molecule has 2 fully saturated rings. The molecule has 5 unspecified atom stereocenters. The number of piperidine rings is 1. The van der Waals surface area contributed by atoms with Crippen molar-refractivity contribution in [2.75, 3.05) is 19.6 Å². The highest BCUT2D eigenvalue weighted by atomic mass is 19.1. The van der Waals surface area contributed by atoms with Crippen molar-refractivity contribution in [1.82, 2.24) is 10.6 Å². The number of carbonyl (C=O) groups excluding carboxylic acids is 1. The monoisotopic (exact) mass is 343 g/mol. The van der Waals surface area contributed by atoms with Gasteiger partial charge in [0.1, 0.15) is 12.2 Å². The molecule has 1 heterocycles. The molecule has 0 radical (unpaired) electrons. The molecule has 0 aromatic heterocycles. The van der Waals surface area contributed by atoms with Crippen molar-refractivity contribution in [2.24, 2.45) is 29.4 Å². The number of carboxylic acids is 1. The van der Waals surface area contributed by atoms with Crippen LogP contribution in [-0.2, 0) is 9.59 Å². The third-order valence-corrected chi connectivity index (χ3v) is 5.67. The Kier molecular flexibility index (Phi) is 6.98. The first-order valence-electron chi connectivity index (χ1n) is 9.03. The summed E-state index contributed by atoms with van der Waals surface area (Å²) in [4.78, 5) is 23.0. The molecule has 1 aliphatic heterocycles. The second-order valence-corrected chi connectivity index (χ2v) is 7.28. The summed E-state index contributed by atoms with van der Waals surface area (Å²) in [5, 5.41) is 14.8. The lowest BCUT2D eigenvalue weighted by Crippen LogP contribution is -2.47. The first-order chi connectivity index (χ1) is 11.4. The number of alkyl halides is 1. The van der Waals surface area contributed by atoms with Gasteiger partial charge >= 0.3 is 5.97 Å². The fraction of sp³-hybridized carbons (Fsp3) is 0.882. The maximum Gasteiger partial charge on any atom is 0.322 e. The Morgan fingerprint density at radius 3 is 2.79 bits per heavy atom. The molecule has 1 saturated heterocycles. The third kappa shape index (κ3) is 4.89. The lowest BCUT2D eigenvalue weighted by Gasteiger charge is -2.41. The van der Waals surface area contributed by atoms with Crippen molar-refractivity contribution in [3.8, 4) is 0 Å². The van der Waals surface area contributed by atoms with E-state index in [-0.39, 0.29) is 30.7 Å². The molecular weight excluding hydrogens is 313 g/mol. The van der Waals surface area contributed by atoms with Crippen LogP contribution in [-0.4, -0.2) is 48.8 Å². The molecule has 138 valence electrons. The summed E-state index contributed by atoms with van der Waals surface area (Å²) in [6, 6.07) is -1.12. The zero-order valence-corrected chi connectivity index (χ0v) is 14.3. The average Bonchev–Trinajstić information content (AvgIpc) is 2.58. The summed E-state index contributed by atoms with van der Waals surface area (Å²) < 4.78 is 14.2. The quantitative estimate of drug-likeness (QED) is 0.574. The van der Waals surface area contributed by atoms with Crippen molar-refractivity contribution in [2.45, 2.75) is 51.2 Å². The Hall–Kier alpha value is -1.21. The smallest absolute Gasteiger partial charge is 0.322 e. The van der Waals surface area contributed by atoms with E-state index < -0.39 is 18.2 Å². The molecule has 1 aliphatic carbocycles. The summed E-state index contributed by atoms with van der Waals surface area (Å²) >= 11 is 0. The number of carboxylic acid groups (broad SMARTS) is 1. The van der Waals surface area contributed by atoms with Gasteiger partial charge in [-0.3, -0.25) is 9.59 Å². The van der Waals surface area contributed by atoms with Crippen LogP contribution < -0.4 is 16.4 Å². The summed E-state index contributed by atoms with van der Waals surface area (Å²) in [5.41, 5.74) is 5.41. The van der Waals surface area contributed by atoms with Gasteiger partial charge in [-0.05, 0) is 56.5 Å². The minimum Gasteiger partial charge on any atom is -0.480 e. The topological polar surface area (TPSA) is 104 Å². The molecule has 0 aromatic carbocycles. The highest BCUT2D eigenvalue weighted by Crippen LogP contribution is 2.41. The van der Waals surface area contributed by atoms with E-state index in [0.717, 1.165) is 25.9 Å². The van der Waals surface area contributed by atoms with Crippen LogP contribution in [0.5, 0.6) is 0 Å². The fourth-order valence-corrected chi connectivity index (χ4v) is 4.31. The molecule has 1 saturated carbocycles. The normalized spacial score (nSPS) is 35.2. The van der Waals surface area contributed by atoms with Gasteiger partial charge in [-0.1, -0.05) is 13.3 Å². The van der Waals surface area contributed by atoms with Crippen LogP contribution >= 0.6 is 0 Å². The number of rotatable bonds is 6. The number of hydrogen-bond acceptors (Lipinski definition) is 4. The van der Waals surface area contributed by atoms with Gasteiger partial charge in [0.05, 0.1) is 0 Å². The third-order valence-electron chi connectivity index (χ3n) is 5.67. The Morgan fingerprint density at radius 1 is 1.38 bits per heavy atom. The van der Waals surface area contributed by atoms with Crippen molar-refractivity contribution in [3.63, 3.8) is 0 Å². The molecule has 0 spiro atoms. The number of aliphatic carboxylic acids is 1. The van der Waals surface area contributed by atoms with Crippen molar-refractivity contribution in [1.29, 1.82) is 0 Å². The largest absolute Gasteiger partial charge is 0.480 e. The molecule has 2 rings (SSSR count). The summed E-state index contributed by atoms with van der Waals surface area (Å²) in [6.45, 7) is 3.98. The molecule has 24 heavy (non-hydrogen) atoms. The number of amides is 1. The van der Waals surface area contributed by atoms with Gasteiger partial charge in [-0.15, -0.1) is 0 Å². The Bertz CT molecular complexity index is 449. The lowest BCUT2D eigenvalue weighted by molar-refractivity contribution is -0.138. The van der Waals surface area contributed by atoms with E-state index >= 15 is 0 Å². The number of nitrogens with two attached hydrogens (primary N) is 1. The van der Waals surface area contributed by atoms with Crippen LogP contribution in [0.2, 0.25) is 0 Å². The van der Waals surface area contributed by atoms with Crippen molar-refractivity contribution in [3.05, 3.63) is 0 Å². The van der Waals surface area contributed by atoms with Crippen LogP contribution in [0.25, 0.3) is 0 Å². The van der Waals surface area contributed by atoms with E-state index in [2.05, 4.69) is 17.6 Å². The van der Waals surface area contributed by atoms with Gasteiger partial charge in [-0.25, -0.2) is 4.39 Å². The van der Waals surface area contributed by atoms with E-state index in [1.165, 1.54) is 0 Å². The SMILES string of the molecule is CCC1CNCCC1C1CC(F)CC(C(=O)NC[C@@H](N)C(=O)O)C1. The van der Waals surface area contributed by atoms with Crippen LogP contribution in [0.1, 0.15) is 39.0 Å². The number of carbonyl (C=O) groups is 2. The van der Waals surface area contributed by atoms with Crippen LogP contribution in [0.3, 0.4) is 0 Å². The van der Waals surface area contributed by atoms with Gasteiger partial charge in [0.2, 0.25) is 5.91 Å². The summed E-state index contributed by atoms with van der Waals surface area (Å²) in [5.74, 6) is -0.567. The van der Waals surface area contributed by atoms with Gasteiger partial charge in [0.25, 0.3) is 0 Å². The fourth-order valence-electron chi connectivity index (χ4n) is 4.31. The Morgan fingerprint density at radius 2 is 2.12 bits per heavy atom. The number of halogens is 1. The highest BCUT2D eigenvalue weighted by molar-refractivity contribution is 5.80.